The van der Waals surface area contributed by atoms with Crippen LogP contribution in [0.1, 0.15) is 22.5 Å². The predicted octanol–water partition coefficient (Wildman–Crippen LogP) is 1.59. The maximum absolute atomic E-state index is 13.1. The minimum atomic E-state index is -2.89. The number of piperazine rings is 1. The Kier molecular flexibility index (Phi) is 4.77. The quantitative estimate of drug-likeness (QED) is 0.793. The second-order valence-electron chi connectivity index (χ2n) is 7.21. The van der Waals surface area contributed by atoms with Crippen LogP contribution >= 0.6 is 0 Å². The summed E-state index contributed by atoms with van der Waals surface area (Å²) in [6, 6.07) is 9.63. The average Bonchev–Trinajstić information content (AvgIpc) is 3.24. The first-order valence-corrected chi connectivity index (χ1v) is 11.0. The van der Waals surface area contributed by atoms with Gasteiger partial charge >= 0.3 is 0 Å². The molecule has 0 bridgehead atoms. The van der Waals surface area contributed by atoms with Crippen LogP contribution in [0.15, 0.2) is 34.9 Å². The SMILES string of the molecule is Cc1onc(-c2ccccc2)c1C(=O)N1CCN([C@H]2CCS(=O)(=O)C2)CC1. The van der Waals surface area contributed by atoms with Crippen LogP contribution in [0.5, 0.6) is 0 Å². The fourth-order valence-corrected chi connectivity index (χ4v) is 5.69. The van der Waals surface area contributed by atoms with Gasteiger partial charge in [0, 0.05) is 37.8 Å². The number of amides is 1. The molecule has 0 N–H and O–H groups in total. The van der Waals surface area contributed by atoms with Crippen molar-refractivity contribution < 1.29 is 17.7 Å². The summed E-state index contributed by atoms with van der Waals surface area (Å²) < 4.78 is 28.7. The van der Waals surface area contributed by atoms with Crippen LogP contribution in [0.4, 0.5) is 0 Å². The van der Waals surface area contributed by atoms with Crippen LogP contribution < -0.4 is 0 Å². The van der Waals surface area contributed by atoms with Crippen LogP contribution in [-0.4, -0.2) is 73.0 Å². The van der Waals surface area contributed by atoms with E-state index in [2.05, 4.69) is 10.1 Å². The molecule has 2 saturated heterocycles. The molecule has 2 aliphatic rings. The lowest BCUT2D eigenvalue weighted by molar-refractivity contribution is 0.0587. The van der Waals surface area contributed by atoms with E-state index in [1.807, 2.05) is 35.2 Å². The third-order valence-corrected chi connectivity index (χ3v) is 7.20. The van der Waals surface area contributed by atoms with Crippen molar-refractivity contribution in [2.24, 2.45) is 0 Å². The summed E-state index contributed by atoms with van der Waals surface area (Å²) >= 11 is 0. The number of aromatic nitrogens is 1. The van der Waals surface area contributed by atoms with E-state index >= 15 is 0 Å². The number of carbonyl (C=O) groups is 1. The lowest BCUT2D eigenvalue weighted by atomic mass is 10.0. The molecule has 1 aromatic heterocycles. The standard InChI is InChI=1S/C19H23N3O4S/c1-14-17(18(20-26-14)15-5-3-2-4-6-15)19(23)22-10-8-21(9-11-22)16-7-12-27(24,25)13-16/h2-6,16H,7-13H2,1H3/t16-/m0/s1. The third-order valence-electron chi connectivity index (χ3n) is 5.45. The van der Waals surface area contributed by atoms with Gasteiger partial charge in [-0.25, -0.2) is 8.42 Å². The molecular weight excluding hydrogens is 366 g/mol. The second-order valence-corrected chi connectivity index (χ2v) is 9.44. The largest absolute Gasteiger partial charge is 0.360 e. The minimum Gasteiger partial charge on any atom is -0.360 e. The minimum absolute atomic E-state index is 0.0775. The zero-order chi connectivity index (χ0) is 19.0. The summed E-state index contributed by atoms with van der Waals surface area (Å²) in [5, 5.41) is 4.10. The summed E-state index contributed by atoms with van der Waals surface area (Å²) in [6.07, 6.45) is 0.694. The number of rotatable bonds is 3. The summed E-state index contributed by atoms with van der Waals surface area (Å²) in [6.45, 7) is 4.29. The molecule has 144 valence electrons. The molecule has 3 heterocycles. The first-order chi connectivity index (χ1) is 12.9. The molecule has 0 spiro atoms. The van der Waals surface area contributed by atoms with Gasteiger partial charge in [0.2, 0.25) is 0 Å². The Bertz CT molecular complexity index is 931. The fourth-order valence-electron chi connectivity index (χ4n) is 3.93. The number of sulfone groups is 1. The highest BCUT2D eigenvalue weighted by Gasteiger charge is 2.35. The van der Waals surface area contributed by atoms with Gasteiger partial charge in [-0.15, -0.1) is 0 Å². The van der Waals surface area contributed by atoms with Crippen molar-refractivity contribution in [2.45, 2.75) is 19.4 Å². The van der Waals surface area contributed by atoms with Gasteiger partial charge < -0.3 is 9.42 Å². The van der Waals surface area contributed by atoms with Gasteiger partial charge in [0.1, 0.15) is 17.0 Å². The van der Waals surface area contributed by atoms with E-state index in [0.717, 1.165) is 5.56 Å². The molecule has 8 heteroatoms. The molecule has 1 aromatic carbocycles. The number of carbonyl (C=O) groups excluding carboxylic acids is 1. The number of benzene rings is 1. The van der Waals surface area contributed by atoms with Crippen molar-refractivity contribution >= 4 is 15.7 Å². The topological polar surface area (TPSA) is 83.7 Å². The zero-order valence-corrected chi connectivity index (χ0v) is 16.1. The van der Waals surface area contributed by atoms with Crippen molar-refractivity contribution in [2.75, 3.05) is 37.7 Å². The monoisotopic (exact) mass is 389 g/mol. The summed E-state index contributed by atoms with van der Waals surface area (Å²) in [7, 11) is -2.89. The van der Waals surface area contributed by atoms with Gasteiger partial charge in [-0.3, -0.25) is 9.69 Å². The first kappa shape index (κ1) is 18.2. The lowest BCUT2D eigenvalue weighted by Gasteiger charge is -2.37. The Balaban J connectivity index is 1.47. The maximum atomic E-state index is 13.1. The molecule has 2 fully saturated rings. The Morgan fingerprint density at radius 2 is 1.85 bits per heavy atom. The van der Waals surface area contributed by atoms with Crippen LogP contribution in [0.3, 0.4) is 0 Å². The van der Waals surface area contributed by atoms with Crippen LogP contribution in [-0.2, 0) is 9.84 Å². The molecular formula is C19H23N3O4S. The second kappa shape index (κ2) is 7.09. The highest BCUT2D eigenvalue weighted by atomic mass is 32.2. The molecule has 1 atom stereocenters. The van der Waals surface area contributed by atoms with E-state index in [0.29, 0.717) is 49.6 Å². The van der Waals surface area contributed by atoms with Gasteiger partial charge in [0.15, 0.2) is 9.84 Å². The van der Waals surface area contributed by atoms with Crippen molar-refractivity contribution in [3.05, 3.63) is 41.7 Å². The van der Waals surface area contributed by atoms with Gasteiger partial charge in [-0.2, -0.15) is 0 Å². The molecule has 7 nitrogen and oxygen atoms in total. The van der Waals surface area contributed by atoms with Gasteiger partial charge in [0.05, 0.1) is 11.5 Å². The van der Waals surface area contributed by atoms with Crippen molar-refractivity contribution in [1.82, 2.24) is 15.0 Å². The first-order valence-electron chi connectivity index (χ1n) is 9.20. The van der Waals surface area contributed by atoms with Gasteiger partial charge in [-0.05, 0) is 13.3 Å². The highest BCUT2D eigenvalue weighted by Crippen LogP contribution is 2.27. The van der Waals surface area contributed by atoms with E-state index in [9.17, 15) is 13.2 Å². The van der Waals surface area contributed by atoms with E-state index in [-0.39, 0.29) is 23.5 Å². The smallest absolute Gasteiger partial charge is 0.259 e. The Hall–Kier alpha value is -2.19. The molecule has 0 aliphatic carbocycles. The summed E-state index contributed by atoms with van der Waals surface area (Å²) in [5.74, 6) is 0.954. The molecule has 0 radical (unpaired) electrons. The van der Waals surface area contributed by atoms with E-state index in [1.54, 1.807) is 6.92 Å². The van der Waals surface area contributed by atoms with E-state index in [4.69, 9.17) is 4.52 Å². The van der Waals surface area contributed by atoms with Crippen LogP contribution in [0, 0.1) is 6.92 Å². The molecule has 2 aliphatic heterocycles. The maximum Gasteiger partial charge on any atom is 0.259 e. The summed E-state index contributed by atoms with van der Waals surface area (Å²) in [5.41, 5.74) is 1.94. The Morgan fingerprint density at radius 3 is 2.48 bits per heavy atom. The average molecular weight is 389 g/mol. The molecule has 27 heavy (non-hydrogen) atoms. The predicted molar refractivity (Wildman–Crippen MR) is 101 cm³/mol. The number of hydrogen-bond donors (Lipinski definition) is 0. The van der Waals surface area contributed by atoms with Crippen molar-refractivity contribution in [3.8, 4) is 11.3 Å². The van der Waals surface area contributed by atoms with Gasteiger partial charge in [-0.1, -0.05) is 35.5 Å². The van der Waals surface area contributed by atoms with Crippen molar-refractivity contribution in [3.63, 3.8) is 0 Å². The lowest BCUT2D eigenvalue weighted by Crippen LogP contribution is -2.52. The molecule has 0 unspecified atom stereocenters. The van der Waals surface area contributed by atoms with Crippen molar-refractivity contribution in [1.29, 1.82) is 0 Å². The van der Waals surface area contributed by atoms with E-state index in [1.165, 1.54) is 0 Å². The third kappa shape index (κ3) is 3.64. The Labute approximate surface area is 158 Å². The van der Waals surface area contributed by atoms with Gasteiger partial charge in [0.25, 0.3) is 5.91 Å². The highest BCUT2D eigenvalue weighted by molar-refractivity contribution is 7.91. The zero-order valence-electron chi connectivity index (χ0n) is 15.3. The Morgan fingerprint density at radius 1 is 1.15 bits per heavy atom. The fraction of sp³-hybridized carbons (Fsp3) is 0.474. The molecule has 0 saturated carbocycles. The molecule has 4 rings (SSSR count). The van der Waals surface area contributed by atoms with E-state index < -0.39 is 9.84 Å². The summed E-state index contributed by atoms with van der Waals surface area (Å²) in [4.78, 5) is 17.1. The number of hydrogen-bond acceptors (Lipinski definition) is 6. The normalized spacial score (nSPS) is 22.9. The molecule has 2 aromatic rings. The number of nitrogens with zero attached hydrogens (tertiary/aromatic N) is 3. The van der Waals surface area contributed by atoms with Crippen LogP contribution in [0.2, 0.25) is 0 Å². The molecule has 1 amide bonds. The van der Waals surface area contributed by atoms with Crippen LogP contribution in [0.25, 0.3) is 11.3 Å². The number of aryl methyl sites for hydroxylation is 1.